The van der Waals surface area contributed by atoms with Crippen molar-refractivity contribution >= 4 is 0 Å². The molecule has 0 N–H and O–H groups in total. The minimum atomic E-state index is -2.11. The molecule has 0 aliphatic heterocycles. The molecule has 1 unspecified atom stereocenters. The van der Waals surface area contributed by atoms with Gasteiger partial charge in [-0.1, -0.05) is 20.8 Å². The molecule has 0 spiro atoms. The van der Waals surface area contributed by atoms with Crippen LogP contribution in [0.15, 0.2) is 0 Å². The number of rotatable bonds is 3. The summed E-state index contributed by atoms with van der Waals surface area (Å²) in [5.41, 5.74) is -0.727. The van der Waals surface area contributed by atoms with Crippen molar-refractivity contribution in [2.24, 2.45) is 5.92 Å². The third-order valence-electron chi connectivity index (χ3n) is 2.56. The van der Waals surface area contributed by atoms with E-state index in [1.54, 1.807) is 0 Å². The maximum atomic E-state index is 13.4. The minimum Gasteiger partial charge on any atom is -0.203 e. The average molecular weight is 252 g/mol. The molecule has 0 radical (unpaired) electrons. The van der Waals surface area contributed by atoms with E-state index in [1.165, 1.54) is 6.92 Å². The van der Waals surface area contributed by atoms with Gasteiger partial charge in [0.1, 0.15) is 0 Å². The summed E-state index contributed by atoms with van der Waals surface area (Å²) >= 11 is 0. The Morgan fingerprint density at radius 1 is 0.706 bits per heavy atom. The molecule has 0 aliphatic carbocycles. The third kappa shape index (κ3) is 2.58. The third-order valence-corrected chi connectivity index (χ3v) is 2.56. The quantitative estimate of drug-likeness (QED) is 0.421. The molecule has 1 atom stereocenters. The first-order chi connectivity index (χ1) is 7.77. The van der Waals surface area contributed by atoms with Gasteiger partial charge in [-0.3, -0.25) is 0 Å². The van der Waals surface area contributed by atoms with Crippen LogP contribution in [0.3, 0.4) is 0 Å². The standard InChI is InChI=1S/C12H13F5/c1-5(2)4-6(3)7-8(13)10(15)12(17)11(16)9(7)14/h5-6H,4H2,1-3H3. The number of hydrogen-bond acceptors (Lipinski definition) is 0. The fraction of sp³-hybridized carbons (Fsp3) is 0.500. The molecule has 0 saturated carbocycles. The van der Waals surface area contributed by atoms with Crippen molar-refractivity contribution in [2.45, 2.75) is 33.1 Å². The molecule has 0 aromatic heterocycles. The van der Waals surface area contributed by atoms with E-state index in [9.17, 15) is 22.0 Å². The summed E-state index contributed by atoms with van der Waals surface area (Å²) in [7, 11) is 0. The largest absolute Gasteiger partial charge is 0.203 e. The summed E-state index contributed by atoms with van der Waals surface area (Å²) in [6.07, 6.45) is 0.346. The van der Waals surface area contributed by atoms with Crippen LogP contribution < -0.4 is 0 Å². The Hall–Kier alpha value is -1.13. The molecule has 5 heteroatoms. The monoisotopic (exact) mass is 252 g/mol. The molecule has 96 valence electrons. The summed E-state index contributed by atoms with van der Waals surface area (Å²) in [4.78, 5) is 0. The van der Waals surface area contributed by atoms with E-state index in [0.29, 0.717) is 6.42 Å². The van der Waals surface area contributed by atoms with Gasteiger partial charge in [-0.25, -0.2) is 22.0 Å². The molecule has 1 aromatic rings. The van der Waals surface area contributed by atoms with Gasteiger partial charge in [0.25, 0.3) is 0 Å². The van der Waals surface area contributed by atoms with E-state index in [4.69, 9.17) is 0 Å². The second-order valence-electron chi connectivity index (χ2n) is 4.51. The van der Waals surface area contributed by atoms with Crippen molar-refractivity contribution < 1.29 is 22.0 Å². The minimum absolute atomic E-state index is 0.0972. The number of hydrogen-bond donors (Lipinski definition) is 0. The van der Waals surface area contributed by atoms with E-state index in [0.717, 1.165) is 0 Å². The Labute approximate surface area is 96.4 Å². The lowest BCUT2D eigenvalue weighted by Gasteiger charge is -2.17. The van der Waals surface area contributed by atoms with Gasteiger partial charge in [0.15, 0.2) is 23.3 Å². The molecule has 0 saturated heterocycles. The van der Waals surface area contributed by atoms with Crippen molar-refractivity contribution in [1.29, 1.82) is 0 Å². The van der Waals surface area contributed by atoms with Gasteiger partial charge < -0.3 is 0 Å². The summed E-state index contributed by atoms with van der Waals surface area (Å²) in [5, 5.41) is 0. The predicted octanol–water partition coefficient (Wildman–Crippen LogP) is 4.53. The lowest BCUT2D eigenvalue weighted by Crippen LogP contribution is -2.11. The van der Waals surface area contributed by atoms with E-state index in [2.05, 4.69) is 0 Å². The highest BCUT2D eigenvalue weighted by Gasteiger charge is 2.28. The van der Waals surface area contributed by atoms with Gasteiger partial charge in [0.2, 0.25) is 5.82 Å². The molecule has 17 heavy (non-hydrogen) atoms. The normalized spacial score (nSPS) is 13.2. The molecular formula is C12H13F5. The Kier molecular flexibility index (Phi) is 4.11. The van der Waals surface area contributed by atoms with Crippen LogP contribution >= 0.6 is 0 Å². The van der Waals surface area contributed by atoms with E-state index >= 15 is 0 Å². The molecule has 1 aromatic carbocycles. The average Bonchev–Trinajstić information content (AvgIpc) is 2.23. The zero-order chi connectivity index (χ0) is 13.3. The highest BCUT2D eigenvalue weighted by molar-refractivity contribution is 5.27. The molecule has 1 rings (SSSR count). The second kappa shape index (κ2) is 5.02. The van der Waals surface area contributed by atoms with Crippen molar-refractivity contribution in [3.8, 4) is 0 Å². The molecule has 0 heterocycles. The second-order valence-corrected chi connectivity index (χ2v) is 4.51. The van der Waals surface area contributed by atoms with E-state index in [-0.39, 0.29) is 5.92 Å². The zero-order valence-corrected chi connectivity index (χ0v) is 9.75. The topological polar surface area (TPSA) is 0 Å². The molecule has 0 nitrogen and oxygen atoms in total. The molecule has 0 amide bonds. The lowest BCUT2D eigenvalue weighted by atomic mass is 9.91. The van der Waals surface area contributed by atoms with Crippen LogP contribution in [0.1, 0.15) is 38.7 Å². The lowest BCUT2D eigenvalue weighted by molar-refractivity contribution is 0.359. The van der Waals surface area contributed by atoms with Gasteiger partial charge in [0, 0.05) is 5.56 Å². The maximum Gasteiger partial charge on any atom is 0.200 e. The summed E-state index contributed by atoms with van der Waals surface area (Å²) in [6, 6.07) is 0. The van der Waals surface area contributed by atoms with Gasteiger partial charge in [-0.2, -0.15) is 0 Å². The van der Waals surface area contributed by atoms with Crippen LogP contribution in [0.4, 0.5) is 22.0 Å². The molecule has 0 bridgehead atoms. The van der Waals surface area contributed by atoms with Gasteiger partial charge in [-0.15, -0.1) is 0 Å². The highest BCUT2D eigenvalue weighted by atomic mass is 19.2. The zero-order valence-electron chi connectivity index (χ0n) is 9.75. The first kappa shape index (κ1) is 13.9. The SMILES string of the molecule is CC(C)CC(C)c1c(F)c(F)c(F)c(F)c1F. The van der Waals surface area contributed by atoms with Crippen LogP contribution in [0.25, 0.3) is 0 Å². The summed E-state index contributed by atoms with van der Waals surface area (Å²) < 4.78 is 65.4. The first-order valence-electron chi connectivity index (χ1n) is 5.28. The van der Waals surface area contributed by atoms with Crippen molar-refractivity contribution in [2.75, 3.05) is 0 Å². The van der Waals surface area contributed by atoms with E-state index in [1.807, 2.05) is 13.8 Å². The van der Waals surface area contributed by atoms with Crippen LogP contribution in [0.2, 0.25) is 0 Å². The van der Waals surface area contributed by atoms with Crippen molar-refractivity contribution in [1.82, 2.24) is 0 Å². The van der Waals surface area contributed by atoms with Gasteiger partial charge >= 0.3 is 0 Å². The van der Waals surface area contributed by atoms with Gasteiger partial charge in [0.05, 0.1) is 0 Å². The first-order valence-corrected chi connectivity index (χ1v) is 5.28. The molecule has 0 fully saturated rings. The smallest absolute Gasteiger partial charge is 0.200 e. The van der Waals surface area contributed by atoms with E-state index < -0.39 is 40.6 Å². The highest BCUT2D eigenvalue weighted by Crippen LogP contribution is 2.31. The van der Waals surface area contributed by atoms with Crippen LogP contribution in [-0.2, 0) is 0 Å². The molecular weight excluding hydrogens is 239 g/mol. The number of halogens is 5. The summed E-state index contributed by atoms with van der Waals surface area (Å²) in [5.74, 6) is -9.95. The fourth-order valence-corrected chi connectivity index (χ4v) is 1.88. The molecule has 0 aliphatic rings. The van der Waals surface area contributed by atoms with Crippen LogP contribution in [-0.4, -0.2) is 0 Å². The number of benzene rings is 1. The fourth-order valence-electron chi connectivity index (χ4n) is 1.88. The van der Waals surface area contributed by atoms with Crippen molar-refractivity contribution in [3.63, 3.8) is 0 Å². The Morgan fingerprint density at radius 3 is 1.41 bits per heavy atom. The summed E-state index contributed by atoms with van der Waals surface area (Å²) in [6.45, 7) is 5.06. The van der Waals surface area contributed by atoms with Crippen LogP contribution in [0.5, 0.6) is 0 Å². The predicted molar refractivity (Wildman–Crippen MR) is 54.1 cm³/mol. The Balaban J connectivity index is 3.33. The van der Waals surface area contributed by atoms with Gasteiger partial charge in [-0.05, 0) is 18.3 Å². The maximum absolute atomic E-state index is 13.4. The van der Waals surface area contributed by atoms with Crippen molar-refractivity contribution in [3.05, 3.63) is 34.6 Å². The Morgan fingerprint density at radius 2 is 1.06 bits per heavy atom. The Bertz CT molecular complexity index is 396. The van der Waals surface area contributed by atoms with Crippen LogP contribution in [0, 0.1) is 35.0 Å².